The van der Waals surface area contributed by atoms with Crippen molar-refractivity contribution in [2.24, 2.45) is 0 Å². The fourth-order valence-electron chi connectivity index (χ4n) is 1.17. The highest BCUT2D eigenvalue weighted by Crippen LogP contribution is 2.15. The minimum absolute atomic E-state index is 0.767. The lowest BCUT2D eigenvalue weighted by molar-refractivity contribution is 1.17. The number of fused-ring (bicyclic) bond motifs is 1. The van der Waals surface area contributed by atoms with E-state index in [1.54, 1.807) is 0 Å². The number of nitrogens with zero attached hydrogens (tertiary/aromatic N) is 1. The number of halogens is 1. The minimum Gasteiger partial charge on any atom is -0.307 e. The van der Waals surface area contributed by atoms with Gasteiger partial charge >= 0.3 is 0 Å². The molecule has 2 aromatic heterocycles. The third-order valence-corrected chi connectivity index (χ3v) is 2.06. The first-order chi connectivity index (χ1) is 5.27. The maximum atomic E-state index is 5.91. The maximum absolute atomic E-state index is 5.91. The van der Waals surface area contributed by atoms with Gasteiger partial charge < -0.3 is 4.40 Å². The smallest absolute Gasteiger partial charge is 0.113 e. The van der Waals surface area contributed by atoms with Gasteiger partial charge in [-0.05, 0) is 30.7 Å². The second-order valence-corrected chi connectivity index (χ2v) is 3.04. The van der Waals surface area contributed by atoms with E-state index in [1.807, 2.05) is 22.7 Å². The Balaban J connectivity index is 2.87. The molecule has 11 heavy (non-hydrogen) atoms. The van der Waals surface area contributed by atoms with Gasteiger partial charge in [0.05, 0.1) is 0 Å². The molecule has 2 aromatic rings. The molecule has 0 atom stereocenters. The van der Waals surface area contributed by atoms with E-state index in [9.17, 15) is 0 Å². The van der Waals surface area contributed by atoms with Crippen LogP contribution in [0.4, 0.5) is 0 Å². The highest BCUT2D eigenvalue weighted by molar-refractivity contribution is 6.30. The van der Waals surface area contributed by atoms with Gasteiger partial charge in [-0.15, -0.1) is 0 Å². The van der Waals surface area contributed by atoms with E-state index in [1.165, 1.54) is 5.56 Å². The average molecular weight is 166 g/mol. The third kappa shape index (κ3) is 1.02. The third-order valence-electron chi connectivity index (χ3n) is 1.75. The Hall–Kier alpha value is -0.950. The minimum atomic E-state index is 0.767. The van der Waals surface area contributed by atoms with Gasteiger partial charge in [0.1, 0.15) is 5.15 Å². The molecular weight excluding hydrogens is 158 g/mol. The van der Waals surface area contributed by atoms with Crippen LogP contribution < -0.4 is 0 Å². The molecule has 0 fully saturated rings. The molecule has 0 N–H and O–H groups in total. The Morgan fingerprint density at radius 2 is 1.91 bits per heavy atom. The number of hydrogen-bond donors (Lipinski definition) is 0. The van der Waals surface area contributed by atoms with Gasteiger partial charge in [0.2, 0.25) is 0 Å². The topological polar surface area (TPSA) is 4.41 Å². The summed E-state index contributed by atoms with van der Waals surface area (Å²) in [7, 11) is 0. The van der Waals surface area contributed by atoms with Crippen molar-refractivity contribution in [3.8, 4) is 0 Å². The largest absolute Gasteiger partial charge is 0.307 e. The van der Waals surface area contributed by atoms with E-state index in [2.05, 4.69) is 19.1 Å². The number of aryl methyl sites for hydroxylation is 1. The van der Waals surface area contributed by atoms with Crippen molar-refractivity contribution in [3.63, 3.8) is 0 Å². The molecule has 56 valence electrons. The number of aromatic nitrogens is 1. The summed E-state index contributed by atoms with van der Waals surface area (Å²) in [6.07, 6.45) is 2.03. The van der Waals surface area contributed by atoms with Gasteiger partial charge in [0, 0.05) is 11.7 Å². The molecule has 1 nitrogen and oxygen atoms in total. The Morgan fingerprint density at radius 1 is 1.18 bits per heavy atom. The fraction of sp³-hybridized carbons (Fsp3) is 0.111. The van der Waals surface area contributed by atoms with Crippen LogP contribution in [0.2, 0.25) is 5.15 Å². The summed E-state index contributed by atoms with van der Waals surface area (Å²) in [6, 6.07) is 8.03. The molecule has 0 saturated heterocycles. The lowest BCUT2D eigenvalue weighted by atomic mass is 10.3. The highest BCUT2D eigenvalue weighted by atomic mass is 35.5. The first-order valence-corrected chi connectivity index (χ1v) is 3.88. The van der Waals surface area contributed by atoms with Crippen molar-refractivity contribution in [1.29, 1.82) is 0 Å². The van der Waals surface area contributed by atoms with Gasteiger partial charge in [-0.25, -0.2) is 0 Å². The quantitative estimate of drug-likeness (QED) is 0.566. The summed E-state index contributed by atoms with van der Waals surface area (Å²) in [5.41, 5.74) is 2.36. The fourth-order valence-corrected chi connectivity index (χ4v) is 1.38. The predicted molar refractivity (Wildman–Crippen MR) is 47.1 cm³/mol. The summed E-state index contributed by atoms with van der Waals surface area (Å²) in [4.78, 5) is 0. The van der Waals surface area contributed by atoms with Gasteiger partial charge in [0.15, 0.2) is 0 Å². The molecule has 2 rings (SSSR count). The molecule has 2 heteroatoms. The molecule has 0 saturated carbocycles. The van der Waals surface area contributed by atoms with E-state index >= 15 is 0 Å². The van der Waals surface area contributed by atoms with Crippen LogP contribution in [-0.4, -0.2) is 4.40 Å². The van der Waals surface area contributed by atoms with Crippen LogP contribution in [0, 0.1) is 6.92 Å². The molecule has 0 aromatic carbocycles. The van der Waals surface area contributed by atoms with Crippen LogP contribution in [0.3, 0.4) is 0 Å². The molecule has 0 aliphatic carbocycles. The zero-order chi connectivity index (χ0) is 7.84. The second kappa shape index (κ2) is 2.28. The standard InChI is InChI=1S/C9H8ClN/c1-7-2-3-8-4-5-9(10)11(8)6-7/h2-6H,1H3. The molecule has 0 aliphatic heterocycles. The Labute approximate surface area is 70.2 Å². The number of rotatable bonds is 0. The zero-order valence-electron chi connectivity index (χ0n) is 6.21. The van der Waals surface area contributed by atoms with Crippen molar-refractivity contribution >= 4 is 17.1 Å². The lowest BCUT2D eigenvalue weighted by Gasteiger charge is -1.96. The van der Waals surface area contributed by atoms with Crippen molar-refractivity contribution in [2.75, 3.05) is 0 Å². The van der Waals surface area contributed by atoms with E-state index in [0.717, 1.165) is 10.7 Å². The van der Waals surface area contributed by atoms with Crippen LogP contribution >= 0.6 is 11.6 Å². The van der Waals surface area contributed by atoms with E-state index in [-0.39, 0.29) is 0 Å². The van der Waals surface area contributed by atoms with E-state index < -0.39 is 0 Å². The molecule has 0 aliphatic rings. The molecule has 0 amide bonds. The SMILES string of the molecule is Cc1ccc2ccc(Cl)n2c1. The average Bonchev–Trinajstić information content (AvgIpc) is 2.33. The van der Waals surface area contributed by atoms with Crippen molar-refractivity contribution in [3.05, 3.63) is 41.2 Å². The van der Waals surface area contributed by atoms with Crippen LogP contribution in [0.15, 0.2) is 30.5 Å². The summed E-state index contributed by atoms with van der Waals surface area (Å²) >= 11 is 5.91. The van der Waals surface area contributed by atoms with Crippen LogP contribution in [0.25, 0.3) is 5.52 Å². The van der Waals surface area contributed by atoms with Gasteiger partial charge in [0.25, 0.3) is 0 Å². The highest BCUT2D eigenvalue weighted by Gasteiger charge is 1.96. The summed E-state index contributed by atoms with van der Waals surface area (Å²) < 4.78 is 1.97. The molecule has 0 unspecified atom stereocenters. The predicted octanol–water partition coefficient (Wildman–Crippen LogP) is 2.90. The molecule has 2 heterocycles. The van der Waals surface area contributed by atoms with Crippen molar-refractivity contribution in [1.82, 2.24) is 4.40 Å². The number of pyridine rings is 1. The Kier molecular flexibility index (Phi) is 1.40. The molecule has 0 spiro atoms. The van der Waals surface area contributed by atoms with Gasteiger partial charge in [-0.3, -0.25) is 0 Å². The summed E-state index contributed by atoms with van der Waals surface area (Å²) in [5.74, 6) is 0. The number of hydrogen-bond acceptors (Lipinski definition) is 0. The first kappa shape index (κ1) is 6.74. The Morgan fingerprint density at radius 3 is 2.73 bits per heavy atom. The monoisotopic (exact) mass is 165 g/mol. The van der Waals surface area contributed by atoms with Crippen LogP contribution in [-0.2, 0) is 0 Å². The molecule has 0 bridgehead atoms. The van der Waals surface area contributed by atoms with Crippen LogP contribution in [0.5, 0.6) is 0 Å². The van der Waals surface area contributed by atoms with Crippen molar-refractivity contribution < 1.29 is 0 Å². The Bertz CT molecular complexity index is 389. The van der Waals surface area contributed by atoms with Crippen molar-refractivity contribution in [2.45, 2.75) is 6.92 Å². The van der Waals surface area contributed by atoms with E-state index in [4.69, 9.17) is 11.6 Å². The lowest BCUT2D eigenvalue weighted by Crippen LogP contribution is -1.83. The van der Waals surface area contributed by atoms with Gasteiger partial charge in [-0.1, -0.05) is 17.7 Å². The first-order valence-electron chi connectivity index (χ1n) is 3.50. The second-order valence-electron chi connectivity index (χ2n) is 2.66. The molecular formula is C9H8ClN. The maximum Gasteiger partial charge on any atom is 0.113 e. The zero-order valence-corrected chi connectivity index (χ0v) is 6.97. The molecule has 0 radical (unpaired) electrons. The normalized spacial score (nSPS) is 10.7. The summed E-state index contributed by atoms with van der Waals surface area (Å²) in [6.45, 7) is 2.05. The van der Waals surface area contributed by atoms with Crippen LogP contribution in [0.1, 0.15) is 5.56 Å². The van der Waals surface area contributed by atoms with E-state index in [0.29, 0.717) is 0 Å². The summed E-state index contributed by atoms with van der Waals surface area (Å²) in [5, 5.41) is 0.767. The van der Waals surface area contributed by atoms with Gasteiger partial charge in [-0.2, -0.15) is 0 Å².